The van der Waals surface area contributed by atoms with Crippen molar-refractivity contribution in [1.82, 2.24) is 4.31 Å². The maximum atomic E-state index is 13.0. The van der Waals surface area contributed by atoms with Gasteiger partial charge in [-0.05, 0) is 53.8 Å². The molecule has 1 atom stereocenters. The molecule has 1 amide bonds. The number of nitrogens with zero attached hydrogens (tertiary/aromatic N) is 1. The lowest BCUT2D eigenvalue weighted by Gasteiger charge is -2.28. The quantitative estimate of drug-likeness (QED) is 0.618. The largest absolute Gasteiger partial charge is 0.326 e. The van der Waals surface area contributed by atoms with Gasteiger partial charge in [0, 0.05) is 18.8 Å². The van der Waals surface area contributed by atoms with Crippen LogP contribution in [0.2, 0.25) is 0 Å². The Labute approximate surface area is 183 Å². The van der Waals surface area contributed by atoms with Gasteiger partial charge in [0.15, 0.2) is 0 Å². The summed E-state index contributed by atoms with van der Waals surface area (Å²) in [6.45, 7) is 2.74. The van der Waals surface area contributed by atoms with E-state index in [9.17, 15) is 13.2 Å². The van der Waals surface area contributed by atoms with E-state index >= 15 is 0 Å². The molecule has 6 heteroatoms. The van der Waals surface area contributed by atoms with Gasteiger partial charge in [0.05, 0.1) is 10.8 Å². The molecule has 4 rings (SSSR count). The standard InChI is InChI=1S/C25H26N2O3S/c1-2-24(20-9-5-3-6-10-20)25(28)26-22-14-13-19-15-16-27(18-21(19)17-22)31(29,30)23-11-7-4-8-12-23/h3-14,17,24H,2,15-16,18H2,1H3,(H,26,28). The molecule has 3 aromatic rings. The van der Waals surface area contributed by atoms with E-state index in [-0.39, 0.29) is 11.8 Å². The Hall–Kier alpha value is -2.96. The zero-order valence-corrected chi connectivity index (χ0v) is 18.3. The van der Waals surface area contributed by atoms with Gasteiger partial charge in [0.25, 0.3) is 0 Å². The van der Waals surface area contributed by atoms with Crippen molar-refractivity contribution < 1.29 is 13.2 Å². The number of amides is 1. The predicted octanol–water partition coefficient (Wildman–Crippen LogP) is 4.57. The van der Waals surface area contributed by atoms with Crippen LogP contribution in [0.1, 0.15) is 36.0 Å². The fraction of sp³-hybridized carbons (Fsp3) is 0.240. The summed E-state index contributed by atoms with van der Waals surface area (Å²) < 4.78 is 27.5. The first-order valence-corrected chi connectivity index (χ1v) is 12.0. The number of anilines is 1. The maximum absolute atomic E-state index is 13.0. The first kappa shape index (κ1) is 21.3. The maximum Gasteiger partial charge on any atom is 0.243 e. The van der Waals surface area contributed by atoms with Gasteiger partial charge in [-0.15, -0.1) is 0 Å². The summed E-state index contributed by atoms with van der Waals surface area (Å²) in [5.74, 6) is -0.287. The van der Waals surface area contributed by atoms with Crippen LogP contribution in [0, 0.1) is 0 Å². The van der Waals surface area contributed by atoms with Gasteiger partial charge >= 0.3 is 0 Å². The van der Waals surface area contributed by atoms with Crippen LogP contribution in [0.25, 0.3) is 0 Å². The van der Waals surface area contributed by atoms with Crippen LogP contribution in [0.15, 0.2) is 83.8 Å². The minimum atomic E-state index is -3.55. The number of rotatable bonds is 6. The molecule has 1 aliphatic rings. The summed E-state index contributed by atoms with van der Waals surface area (Å²) in [6, 6.07) is 24.0. The first-order valence-electron chi connectivity index (χ1n) is 10.5. The predicted molar refractivity (Wildman–Crippen MR) is 122 cm³/mol. The van der Waals surface area contributed by atoms with E-state index < -0.39 is 10.0 Å². The summed E-state index contributed by atoms with van der Waals surface area (Å²) in [7, 11) is -3.55. The molecule has 0 spiro atoms. The smallest absolute Gasteiger partial charge is 0.243 e. The monoisotopic (exact) mass is 434 g/mol. The van der Waals surface area contributed by atoms with Crippen molar-refractivity contribution in [2.75, 3.05) is 11.9 Å². The Morgan fingerprint density at radius 1 is 0.968 bits per heavy atom. The van der Waals surface area contributed by atoms with Crippen molar-refractivity contribution in [3.8, 4) is 0 Å². The molecule has 1 aliphatic heterocycles. The first-order chi connectivity index (χ1) is 15.0. The van der Waals surface area contributed by atoms with Crippen molar-refractivity contribution in [2.45, 2.75) is 37.1 Å². The highest BCUT2D eigenvalue weighted by Crippen LogP contribution is 2.28. The molecule has 1 heterocycles. The van der Waals surface area contributed by atoms with Gasteiger partial charge in [0.2, 0.25) is 15.9 Å². The Morgan fingerprint density at radius 2 is 1.65 bits per heavy atom. The van der Waals surface area contributed by atoms with Crippen LogP contribution in [0.3, 0.4) is 0 Å². The third-order valence-corrected chi connectivity index (χ3v) is 7.62. The Kier molecular flexibility index (Phi) is 6.20. The Bertz CT molecular complexity index is 1160. The fourth-order valence-corrected chi connectivity index (χ4v) is 5.48. The highest BCUT2D eigenvalue weighted by Gasteiger charge is 2.28. The topological polar surface area (TPSA) is 66.5 Å². The molecule has 0 radical (unpaired) electrons. The van der Waals surface area contributed by atoms with E-state index in [1.165, 1.54) is 4.31 Å². The number of hydrogen-bond acceptors (Lipinski definition) is 3. The minimum absolute atomic E-state index is 0.0572. The van der Waals surface area contributed by atoms with E-state index in [1.807, 2.05) is 55.5 Å². The molecule has 0 saturated heterocycles. The molecule has 0 bridgehead atoms. The lowest BCUT2D eigenvalue weighted by molar-refractivity contribution is -0.117. The van der Waals surface area contributed by atoms with Crippen LogP contribution < -0.4 is 5.32 Å². The van der Waals surface area contributed by atoms with Crippen molar-refractivity contribution in [3.63, 3.8) is 0 Å². The van der Waals surface area contributed by atoms with Crippen LogP contribution >= 0.6 is 0 Å². The molecule has 1 N–H and O–H groups in total. The number of carbonyl (C=O) groups is 1. The van der Waals surface area contributed by atoms with Crippen LogP contribution in [-0.2, 0) is 27.8 Å². The average molecular weight is 435 g/mol. The molecule has 5 nitrogen and oxygen atoms in total. The third kappa shape index (κ3) is 4.55. The summed E-state index contributed by atoms with van der Waals surface area (Å²) in [5, 5.41) is 3.02. The van der Waals surface area contributed by atoms with E-state index in [1.54, 1.807) is 30.3 Å². The highest BCUT2D eigenvalue weighted by molar-refractivity contribution is 7.89. The van der Waals surface area contributed by atoms with Gasteiger partial charge in [-0.3, -0.25) is 4.79 Å². The summed E-state index contributed by atoms with van der Waals surface area (Å²) in [4.78, 5) is 13.2. The highest BCUT2D eigenvalue weighted by atomic mass is 32.2. The number of carbonyl (C=O) groups excluding carboxylic acids is 1. The number of nitrogens with one attached hydrogen (secondary N) is 1. The molecule has 0 saturated carbocycles. The molecule has 160 valence electrons. The molecule has 0 aromatic heterocycles. The Morgan fingerprint density at radius 3 is 2.32 bits per heavy atom. The van der Waals surface area contributed by atoms with Crippen molar-refractivity contribution in [1.29, 1.82) is 0 Å². The minimum Gasteiger partial charge on any atom is -0.326 e. The lowest BCUT2D eigenvalue weighted by Crippen LogP contribution is -2.36. The zero-order chi connectivity index (χ0) is 21.8. The van der Waals surface area contributed by atoms with Gasteiger partial charge in [-0.25, -0.2) is 8.42 Å². The second-order valence-corrected chi connectivity index (χ2v) is 9.68. The normalized spacial score (nSPS) is 15.1. The second-order valence-electron chi connectivity index (χ2n) is 7.75. The van der Waals surface area contributed by atoms with Crippen molar-refractivity contribution in [2.24, 2.45) is 0 Å². The Balaban J connectivity index is 1.53. The summed E-state index contributed by atoms with van der Waals surface area (Å²) >= 11 is 0. The van der Waals surface area contributed by atoms with Crippen LogP contribution in [-0.4, -0.2) is 25.2 Å². The molecular formula is C25H26N2O3S. The van der Waals surface area contributed by atoms with Gasteiger partial charge in [-0.2, -0.15) is 4.31 Å². The van der Waals surface area contributed by atoms with Crippen LogP contribution in [0.5, 0.6) is 0 Å². The van der Waals surface area contributed by atoms with Gasteiger partial charge < -0.3 is 5.32 Å². The summed E-state index contributed by atoms with van der Waals surface area (Å²) in [6.07, 6.45) is 1.35. The SMILES string of the molecule is CCC(C(=O)Nc1ccc2c(c1)CN(S(=O)(=O)c1ccccc1)CC2)c1ccccc1. The van der Waals surface area contributed by atoms with Gasteiger partial charge in [-0.1, -0.05) is 61.5 Å². The van der Waals surface area contributed by atoms with E-state index in [0.717, 1.165) is 16.7 Å². The summed E-state index contributed by atoms with van der Waals surface area (Å²) in [5.41, 5.74) is 3.72. The average Bonchev–Trinajstić information content (AvgIpc) is 2.80. The molecule has 0 aliphatic carbocycles. The van der Waals surface area contributed by atoms with Crippen LogP contribution in [0.4, 0.5) is 5.69 Å². The molecule has 0 fully saturated rings. The molecular weight excluding hydrogens is 408 g/mol. The molecule has 3 aromatic carbocycles. The fourth-order valence-electron chi connectivity index (χ4n) is 4.04. The van der Waals surface area contributed by atoms with E-state index in [2.05, 4.69) is 5.32 Å². The molecule has 1 unspecified atom stereocenters. The number of fused-ring (bicyclic) bond motifs is 1. The van der Waals surface area contributed by atoms with E-state index in [4.69, 9.17) is 0 Å². The number of sulfonamides is 1. The third-order valence-electron chi connectivity index (χ3n) is 5.76. The van der Waals surface area contributed by atoms with Crippen molar-refractivity contribution in [3.05, 3.63) is 95.6 Å². The zero-order valence-electron chi connectivity index (χ0n) is 17.5. The van der Waals surface area contributed by atoms with Gasteiger partial charge in [0.1, 0.15) is 0 Å². The number of benzene rings is 3. The second kappa shape index (κ2) is 9.04. The molecule has 31 heavy (non-hydrogen) atoms. The number of hydrogen-bond donors (Lipinski definition) is 1. The van der Waals surface area contributed by atoms with E-state index in [0.29, 0.717) is 36.5 Å². The van der Waals surface area contributed by atoms with Crippen molar-refractivity contribution >= 4 is 21.6 Å². The lowest BCUT2D eigenvalue weighted by atomic mass is 9.95.